The molecule has 2 N–H and O–H groups in total. The molecule has 1 aromatic heterocycles. The van der Waals surface area contributed by atoms with Crippen molar-refractivity contribution in [3.63, 3.8) is 0 Å². The molecule has 6 nitrogen and oxygen atoms in total. The average Bonchev–Trinajstić information content (AvgIpc) is 3.28. The Labute approximate surface area is 173 Å². The Hall–Kier alpha value is -2.48. The highest BCUT2D eigenvalue weighted by molar-refractivity contribution is 7.09. The van der Waals surface area contributed by atoms with E-state index in [9.17, 15) is 14.0 Å². The van der Waals surface area contributed by atoms with Gasteiger partial charge in [0.1, 0.15) is 11.6 Å². The second-order valence-electron chi connectivity index (χ2n) is 7.54. The quantitative estimate of drug-likeness (QED) is 0.687. The second kappa shape index (κ2) is 8.90. The fourth-order valence-electron chi connectivity index (χ4n) is 3.68. The van der Waals surface area contributed by atoms with Gasteiger partial charge in [0.15, 0.2) is 0 Å². The molecule has 0 unspecified atom stereocenters. The molecule has 0 aliphatic carbocycles. The number of nitrogens with one attached hydrogen (secondary N) is 2. The third-order valence-electron chi connectivity index (χ3n) is 5.31. The van der Waals surface area contributed by atoms with E-state index >= 15 is 0 Å². The van der Waals surface area contributed by atoms with Crippen LogP contribution in [0.1, 0.15) is 54.9 Å². The van der Waals surface area contributed by atoms with Crippen molar-refractivity contribution in [2.75, 3.05) is 7.11 Å². The first-order valence-electron chi connectivity index (χ1n) is 9.65. The normalized spacial score (nSPS) is 19.7. The first-order chi connectivity index (χ1) is 13.8. The maximum Gasteiger partial charge on any atom is 0.220 e. The SMILES string of the molecule is COc1ccc(F)c(C[C@@]2(CCC(=O)N[C@H](C)c3csc(C)n3)CCC(=O)N2)c1. The molecule has 156 valence electrons. The van der Waals surface area contributed by atoms with Gasteiger partial charge in [-0.15, -0.1) is 11.3 Å². The number of ether oxygens (including phenoxy) is 1. The molecule has 8 heteroatoms. The fourth-order valence-corrected chi connectivity index (χ4v) is 4.39. The van der Waals surface area contributed by atoms with Gasteiger partial charge in [0.2, 0.25) is 11.8 Å². The molecule has 0 radical (unpaired) electrons. The lowest BCUT2D eigenvalue weighted by atomic mass is 9.84. The number of benzene rings is 1. The highest BCUT2D eigenvalue weighted by Crippen LogP contribution is 2.31. The van der Waals surface area contributed by atoms with Crippen LogP contribution in [0.15, 0.2) is 23.6 Å². The van der Waals surface area contributed by atoms with Crippen molar-refractivity contribution in [3.05, 3.63) is 45.7 Å². The fraction of sp³-hybridized carbons (Fsp3) is 0.476. The Morgan fingerprint density at radius 2 is 2.28 bits per heavy atom. The number of halogens is 1. The van der Waals surface area contributed by atoms with Gasteiger partial charge >= 0.3 is 0 Å². The summed E-state index contributed by atoms with van der Waals surface area (Å²) >= 11 is 1.54. The lowest BCUT2D eigenvalue weighted by Gasteiger charge is -2.30. The van der Waals surface area contributed by atoms with E-state index in [1.807, 2.05) is 19.2 Å². The summed E-state index contributed by atoms with van der Waals surface area (Å²) in [6.45, 7) is 3.82. The molecule has 1 aliphatic rings. The molecule has 2 aromatic rings. The van der Waals surface area contributed by atoms with Crippen LogP contribution in [0.5, 0.6) is 5.75 Å². The zero-order valence-electron chi connectivity index (χ0n) is 16.9. The summed E-state index contributed by atoms with van der Waals surface area (Å²) in [6.07, 6.45) is 1.93. The summed E-state index contributed by atoms with van der Waals surface area (Å²) in [7, 11) is 1.53. The minimum absolute atomic E-state index is 0.0694. The zero-order valence-corrected chi connectivity index (χ0v) is 17.7. The van der Waals surface area contributed by atoms with Crippen molar-refractivity contribution in [2.24, 2.45) is 0 Å². The number of nitrogens with zero attached hydrogens (tertiary/aromatic N) is 1. The van der Waals surface area contributed by atoms with Crippen molar-refractivity contribution >= 4 is 23.2 Å². The molecular weight excluding hydrogens is 393 g/mol. The van der Waals surface area contributed by atoms with Gasteiger partial charge < -0.3 is 15.4 Å². The van der Waals surface area contributed by atoms with Gasteiger partial charge in [-0.2, -0.15) is 0 Å². The van der Waals surface area contributed by atoms with Crippen molar-refractivity contribution in [1.82, 2.24) is 15.6 Å². The number of methoxy groups -OCH3 is 1. The number of carbonyl (C=O) groups excluding carboxylic acids is 2. The summed E-state index contributed by atoms with van der Waals surface area (Å²) in [4.78, 5) is 28.8. The largest absolute Gasteiger partial charge is 0.497 e. The minimum Gasteiger partial charge on any atom is -0.497 e. The van der Waals surface area contributed by atoms with E-state index in [0.29, 0.717) is 37.0 Å². The summed E-state index contributed by atoms with van der Waals surface area (Å²) in [6, 6.07) is 4.39. The molecule has 0 bridgehead atoms. The number of thiazole rings is 1. The number of aryl methyl sites for hydroxylation is 1. The molecule has 1 aromatic carbocycles. The summed E-state index contributed by atoms with van der Waals surface area (Å²) < 4.78 is 19.5. The molecule has 0 saturated carbocycles. The van der Waals surface area contributed by atoms with Gasteiger partial charge in [-0.25, -0.2) is 9.37 Å². The molecule has 0 spiro atoms. The van der Waals surface area contributed by atoms with Crippen LogP contribution in [-0.2, 0) is 16.0 Å². The third kappa shape index (κ3) is 5.32. The maximum atomic E-state index is 14.3. The number of amides is 2. The predicted molar refractivity (Wildman–Crippen MR) is 109 cm³/mol. The van der Waals surface area contributed by atoms with Gasteiger partial charge in [-0.1, -0.05) is 0 Å². The summed E-state index contributed by atoms with van der Waals surface area (Å²) in [5, 5.41) is 8.83. The Balaban J connectivity index is 1.66. The van der Waals surface area contributed by atoms with E-state index in [2.05, 4.69) is 15.6 Å². The van der Waals surface area contributed by atoms with Crippen molar-refractivity contribution in [1.29, 1.82) is 0 Å². The Morgan fingerprint density at radius 1 is 1.48 bits per heavy atom. The average molecular weight is 420 g/mol. The van der Waals surface area contributed by atoms with E-state index < -0.39 is 5.54 Å². The van der Waals surface area contributed by atoms with Crippen LogP contribution in [0.25, 0.3) is 0 Å². The summed E-state index contributed by atoms with van der Waals surface area (Å²) in [5.74, 6) is 0.0316. The van der Waals surface area contributed by atoms with Gasteiger partial charge in [0.05, 0.1) is 23.9 Å². The van der Waals surface area contributed by atoms with Crippen molar-refractivity contribution in [3.8, 4) is 5.75 Å². The number of hydrogen-bond acceptors (Lipinski definition) is 5. The van der Waals surface area contributed by atoms with Crippen molar-refractivity contribution < 1.29 is 18.7 Å². The lowest BCUT2D eigenvalue weighted by molar-refractivity contribution is -0.123. The van der Waals surface area contributed by atoms with E-state index in [1.165, 1.54) is 13.2 Å². The zero-order chi connectivity index (χ0) is 21.0. The van der Waals surface area contributed by atoms with Crippen LogP contribution < -0.4 is 15.4 Å². The van der Waals surface area contributed by atoms with Crippen LogP contribution in [-0.4, -0.2) is 29.4 Å². The van der Waals surface area contributed by atoms with E-state index in [1.54, 1.807) is 23.5 Å². The number of hydrogen-bond donors (Lipinski definition) is 2. The number of rotatable bonds is 8. The van der Waals surface area contributed by atoms with E-state index in [0.717, 1.165) is 10.7 Å². The number of carbonyl (C=O) groups is 2. The van der Waals surface area contributed by atoms with E-state index in [4.69, 9.17) is 4.74 Å². The van der Waals surface area contributed by atoms with Gasteiger partial charge in [-0.05, 0) is 56.9 Å². The van der Waals surface area contributed by atoms with Crippen LogP contribution in [0.4, 0.5) is 4.39 Å². The molecule has 1 aliphatic heterocycles. The van der Waals surface area contributed by atoms with Crippen LogP contribution in [0.3, 0.4) is 0 Å². The molecule has 1 fully saturated rings. The molecule has 2 atom stereocenters. The standard InChI is InChI=1S/C21H26FN3O3S/c1-13(18-12-29-14(2)24-18)23-19(26)6-8-21(9-7-20(27)25-21)11-15-10-16(28-3)4-5-17(15)22/h4-5,10,12-13H,6-9,11H2,1-3H3,(H,23,26)(H,25,27)/t13-,21-/m1/s1. The minimum atomic E-state index is -0.637. The van der Waals surface area contributed by atoms with E-state index in [-0.39, 0.29) is 30.1 Å². The van der Waals surface area contributed by atoms with Gasteiger partial charge in [-0.3, -0.25) is 9.59 Å². The first-order valence-corrected chi connectivity index (χ1v) is 10.5. The second-order valence-corrected chi connectivity index (χ2v) is 8.61. The summed E-state index contributed by atoms with van der Waals surface area (Å²) in [5.41, 5.74) is 0.670. The molecule has 3 rings (SSSR count). The topological polar surface area (TPSA) is 80.3 Å². The first kappa shape index (κ1) is 21.2. The monoisotopic (exact) mass is 419 g/mol. The van der Waals surface area contributed by atoms with Crippen molar-refractivity contribution in [2.45, 2.75) is 57.5 Å². The van der Waals surface area contributed by atoms with Gasteiger partial charge in [0, 0.05) is 23.8 Å². The Bertz CT molecular complexity index is 901. The molecule has 2 heterocycles. The molecule has 2 amide bonds. The third-order valence-corrected chi connectivity index (χ3v) is 6.10. The molecule has 1 saturated heterocycles. The maximum absolute atomic E-state index is 14.3. The van der Waals surface area contributed by atoms with Crippen LogP contribution >= 0.6 is 11.3 Å². The van der Waals surface area contributed by atoms with Crippen LogP contribution in [0.2, 0.25) is 0 Å². The Kier molecular flexibility index (Phi) is 6.52. The molecule has 29 heavy (non-hydrogen) atoms. The highest BCUT2D eigenvalue weighted by Gasteiger charge is 2.38. The van der Waals surface area contributed by atoms with Crippen LogP contribution in [0, 0.1) is 12.7 Å². The molecular formula is C21H26FN3O3S. The van der Waals surface area contributed by atoms with Gasteiger partial charge in [0.25, 0.3) is 0 Å². The lowest BCUT2D eigenvalue weighted by Crippen LogP contribution is -2.45. The number of aromatic nitrogens is 1. The smallest absolute Gasteiger partial charge is 0.220 e. The predicted octanol–water partition coefficient (Wildman–Crippen LogP) is 3.45. The highest BCUT2D eigenvalue weighted by atomic mass is 32.1. The Morgan fingerprint density at radius 3 is 2.90 bits per heavy atom.